The standard InChI is InChI=1S/C30H31N7O2S/c1-4-26(30(39)31-22-14-16-23(17-15-22)35(2)3)36(18-28-32-25(20-40-28)21-10-6-5-7-11-21)29(38)19-37-27-13-9-8-12-24(27)33-34-37/h5-17,20,26H,4,18-19H2,1-3H3,(H,31,39)/t26-/m1/s1. The molecule has 2 heterocycles. The van der Waals surface area contributed by atoms with Crippen LogP contribution in [0.4, 0.5) is 11.4 Å². The van der Waals surface area contributed by atoms with E-state index in [9.17, 15) is 9.59 Å². The number of nitrogens with zero attached hydrogens (tertiary/aromatic N) is 6. The van der Waals surface area contributed by atoms with Crippen molar-refractivity contribution in [3.05, 3.63) is 89.3 Å². The van der Waals surface area contributed by atoms with Gasteiger partial charge in [0.25, 0.3) is 0 Å². The third kappa shape index (κ3) is 6.02. The van der Waals surface area contributed by atoms with Crippen LogP contribution in [0.2, 0.25) is 0 Å². The molecule has 5 rings (SSSR count). The lowest BCUT2D eigenvalue weighted by Crippen LogP contribution is -2.47. The summed E-state index contributed by atoms with van der Waals surface area (Å²) >= 11 is 1.47. The molecular formula is C30H31N7O2S. The lowest BCUT2D eigenvalue weighted by molar-refractivity contribution is -0.140. The van der Waals surface area contributed by atoms with Crippen LogP contribution in [0.25, 0.3) is 22.3 Å². The summed E-state index contributed by atoms with van der Waals surface area (Å²) in [4.78, 5) is 35.8. The summed E-state index contributed by atoms with van der Waals surface area (Å²) in [6, 6.07) is 24.3. The molecule has 5 aromatic rings. The summed E-state index contributed by atoms with van der Waals surface area (Å²) in [6.45, 7) is 2.06. The third-order valence-corrected chi connectivity index (χ3v) is 7.50. The molecule has 1 N–H and O–H groups in total. The number of aromatic nitrogens is 4. The molecule has 0 aliphatic heterocycles. The van der Waals surface area contributed by atoms with Crippen LogP contribution in [0.3, 0.4) is 0 Å². The first-order valence-electron chi connectivity index (χ1n) is 13.1. The highest BCUT2D eigenvalue weighted by Crippen LogP contribution is 2.24. The van der Waals surface area contributed by atoms with Crippen molar-refractivity contribution in [2.45, 2.75) is 32.5 Å². The number of rotatable bonds is 10. The molecule has 3 aromatic carbocycles. The number of thiazole rings is 1. The molecule has 2 aromatic heterocycles. The lowest BCUT2D eigenvalue weighted by atomic mass is 10.1. The number of amides is 2. The van der Waals surface area contributed by atoms with Crippen molar-refractivity contribution in [2.24, 2.45) is 0 Å². The number of anilines is 2. The van der Waals surface area contributed by atoms with E-state index in [2.05, 4.69) is 15.6 Å². The zero-order chi connectivity index (χ0) is 28.1. The zero-order valence-corrected chi connectivity index (χ0v) is 23.5. The van der Waals surface area contributed by atoms with Crippen molar-refractivity contribution in [1.82, 2.24) is 24.9 Å². The highest BCUT2D eigenvalue weighted by molar-refractivity contribution is 7.09. The minimum absolute atomic E-state index is 0.0429. The van der Waals surface area contributed by atoms with Crippen LogP contribution in [0.1, 0.15) is 18.4 Å². The first-order chi connectivity index (χ1) is 19.4. The second kappa shape index (κ2) is 12.1. The minimum Gasteiger partial charge on any atom is -0.378 e. The number of nitrogens with one attached hydrogen (secondary N) is 1. The van der Waals surface area contributed by atoms with Gasteiger partial charge in [-0.15, -0.1) is 16.4 Å². The Morgan fingerprint density at radius 1 is 0.975 bits per heavy atom. The van der Waals surface area contributed by atoms with Gasteiger partial charge in [-0.05, 0) is 42.8 Å². The smallest absolute Gasteiger partial charge is 0.247 e. The van der Waals surface area contributed by atoms with Crippen LogP contribution in [0, 0.1) is 0 Å². The van der Waals surface area contributed by atoms with Gasteiger partial charge < -0.3 is 15.1 Å². The molecule has 204 valence electrons. The molecule has 0 bridgehead atoms. The van der Waals surface area contributed by atoms with Crippen molar-refractivity contribution in [1.29, 1.82) is 0 Å². The molecule has 2 amide bonds. The van der Waals surface area contributed by atoms with Crippen LogP contribution < -0.4 is 10.2 Å². The average Bonchev–Trinajstić information content (AvgIpc) is 3.61. The predicted octanol–water partition coefficient (Wildman–Crippen LogP) is 5.07. The maximum absolute atomic E-state index is 13.8. The quantitative estimate of drug-likeness (QED) is 0.260. The Bertz CT molecular complexity index is 1600. The van der Waals surface area contributed by atoms with Gasteiger partial charge in [0.1, 0.15) is 23.1 Å². The van der Waals surface area contributed by atoms with E-state index in [1.807, 2.05) is 110 Å². The second-order valence-corrected chi connectivity index (χ2v) is 10.5. The molecule has 1 atom stereocenters. The molecule has 0 aliphatic rings. The van der Waals surface area contributed by atoms with Gasteiger partial charge in [-0.2, -0.15) is 0 Å². The number of para-hydroxylation sites is 1. The van der Waals surface area contributed by atoms with E-state index < -0.39 is 6.04 Å². The van der Waals surface area contributed by atoms with Crippen molar-refractivity contribution in [2.75, 3.05) is 24.3 Å². The Morgan fingerprint density at radius 2 is 1.70 bits per heavy atom. The van der Waals surface area contributed by atoms with Gasteiger partial charge >= 0.3 is 0 Å². The molecule has 10 heteroatoms. The first kappa shape index (κ1) is 27.0. The normalized spacial score (nSPS) is 11.8. The van der Waals surface area contributed by atoms with E-state index in [1.165, 1.54) is 11.3 Å². The molecule has 0 aliphatic carbocycles. The fourth-order valence-electron chi connectivity index (χ4n) is 4.51. The van der Waals surface area contributed by atoms with Gasteiger partial charge in [-0.25, -0.2) is 9.67 Å². The maximum atomic E-state index is 13.8. The topological polar surface area (TPSA) is 96.2 Å². The monoisotopic (exact) mass is 553 g/mol. The van der Waals surface area contributed by atoms with Crippen LogP contribution in [-0.2, 0) is 22.7 Å². The van der Waals surface area contributed by atoms with Gasteiger partial charge in [0.2, 0.25) is 11.8 Å². The van der Waals surface area contributed by atoms with E-state index in [-0.39, 0.29) is 24.9 Å². The van der Waals surface area contributed by atoms with Crippen molar-refractivity contribution < 1.29 is 9.59 Å². The number of fused-ring (bicyclic) bond motifs is 1. The summed E-state index contributed by atoms with van der Waals surface area (Å²) in [7, 11) is 3.93. The van der Waals surface area contributed by atoms with E-state index in [4.69, 9.17) is 4.98 Å². The van der Waals surface area contributed by atoms with Crippen molar-refractivity contribution >= 4 is 45.6 Å². The Kier molecular flexibility index (Phi) is 8.16. The molecule has 0 saturated heterocycles. The van der Waals surface area contributed by atoms with Gasteiger partial charge in [-0.1, -0.05) is 54.6 Å². The largest absolute Gasteiger partial charge is 0.378 e. The molecule has 0 saturated carbocycles. The maximum Gasteiger partial charge on any atom is 0.247 e. The van der Waals surface area contributed by atoms with Crippen LogP contribution in [0.15, 0.2) is 84.2 Å². The first-order valence-corrected chi connectivity index (χ1v) is 14.0. The SMILES string of the molecule is CC[C@H](C(=O)Nc1ccc(N(C)C)cc1)N(Cc1nc(-c2ccccc2)cs1)C(=O)Cn1nnc2ccccc21. The zero-order valence-electron chi connectivity index (χ0n) is 22.7. The Balaban J connectivity index is 1.41. The lowest BCUT2D eigenvalue weighted by Gasteiger charge is -2.30. The number of benzene rings is 3. The summed E-state index contributed by atoms with van der Waals surface area (Å²) in [5, 5.41) is 14.1. The minimum atomic E-state index is -0.708. The van der Waals surface area contributed by atoms with Gasteiger partial charge in [-0.3, -0.25) is 9.59 Å². The summed E-state index contributed by atoms with van der Waals surface area (Å²) in [5.74, 6) is -0.492. The van der Waals surface area contributed by atoms with Gasteiger partial charge in [0.05, 0.1) is 17.8 Å². The fraction of sp³-hybridized carbons (Fsp3) is 0.233. The summed E-state index contributed by atoms with van der Waals surface area (Å²) in [6.07, 6.45) is 0.433. The molecule has 0 radical (unpaired) electrons. The molecule has 0 fully saturated rings. The van der Waals surface area contributed by atoms with Gasteiger partial charge in [0.15, 0.2) is 0 Å². The van der Waals surface area contributed by atoms with Crippen LogP contribution in [-0.4, -0.2) is 56.8 Å². The second-order valence-electron chi connectivity index (χ2n) is 9.60. The highest BCUT2D eigenvalue weighted by Gasteiger charge is 2.30. The highest BCUT2D eigenvalue weighted by atomic mass is 32.1. The molecule has 40 heavy (non-hydrogen) atoms. The number of carbonyl (C=O) groups excluding carboxylic acids is 2. The average molecular weight is 554 g/mol. The van der Waals surface area contributed by atoms with Gasteiger partial charge in [0, 0.05) is 36.4 Å². The Hall–Kier alpha value is -4.57. The summed E-state index contributed by atoms with van der Waals surface area (Å²) in [5.41, 5.74) is 5.01. The van der Waals surface area contributed by atoms with Crippen LogP contribution >= 0.6 is 11.3 Å². The van der Waals surface area contributed by atoms with E-state index in [1.54, 1.807) is 9.58 Å². The van der Waals surface area contributed by atoms with E-state index in [0.717, 1.165) is 27.5 Å². The predicted molar refractivity (Wildman–Crippen MR) is 159 cm³/mol. The fourth-order valence-corrected chi connectivity index (χ4v) is 5.31. The molecular weight excluding hydrogens is 522 g/mol. The summed E-state index contributed by atoms with van der Waals surface area (Å²) < 4.78 is 1.58. The Labute approximate surface area is 237 Å². The molecule has 9 nitrogen and oxygen atoms in total. The molecule has 0 unspecified atom stereocenters. The number of hydrogen-bond donors (Lipinski definition) is 1. The van der Waals surface area contributed by atoms with Crippen LogP contribution in [0.5, 0.6) is 0 Å². The third-order valence-electron chi connectivity index (χ3n) is 6.67. The van der Waals surface area contributed by atoms with Crippen molar-refractivity contribution in [3.63, 3.8) is 0 Å². The van der Waals surface area contributed by atoms with E-state index >= 15 is 0 Å². The van der Waals surface area contributed by atoms with Crippen molar-refractivity contribution in [3.8, 4) is 11.3 Å². The van der Waals surface area contributed by atoms with E-state index in [0.29, 0.717) is 17.6 Å². The Morgan fingerprint density at radius 3 is 2.42 bits per heavy atom. The number of hydrogen-bond acceptors (Lipinski definition) is 7. The molecule has 0 spiro atoms. The number of carbonyl (C=O) groups is 2.